The molecule has 2 nitrogen and oxygen atoms in total. The van der Waals surface area contributed by atoms with E-state index in [1.54, 1.807) is 0 Å². The zero-order chi connectivity index (χ0) is 19.3. The average molecular weight is 369 g/mol. The number of quaternary nitrogens is 1. The van der Waals surface area contributed by atoms with Gasteiger partial charge in [0.25, 0.3) is 0 Å². The van der Waals surface area contributed by atoms with Crippen molar-refractivity contribution in [3.8, 4) is 0 Å². The molecule has 0 aromatic heterocycles. The number of allylic oxidation sites excluding steroid dienone is 2. The van der Waals surface area contributed by atoms with Gasteiger partial charge in [0.1, 0.15) is 0 Å². The van der Waals surface area contributed by atoms with Crippen LogP contribution in [0.4, 0.5) is 0 Å². The Morgan fingerprint density at radius 3 is 1.50 bits per heavy atom. The van der Waals surface area contributed by atoms with Crippen LogP contribution in [-0.4, -0.2) is 43.4 Å². The van der Waals surface area contributed by atoms with Gasteiger partial charge < -0.3 is 9.59 Å². The van der Waals surface area contributed by atoms with E-state index < -0.39 is 0 Å². The van der Waals surface area contributed by atoms with Crippen molar-refractivity contribution in [3.05, 3.63) is 12.2 Å². The third kappa shape index (κ3) is 20.0. The molecule has 0 unspecified atom stereocenters. The smallest absolute Gasteiger partial charge is 0.0804 e. The van der Waals surface area contributed by atoms with Gasteiger partial charge in [-0.15, -0.1) is 0 Å². The monoisotopic (exact) mass is 368 g/mol. The quantitative estimate of drug-likeness (QED) is 0.141. The van der Waals surface area contributed by atoms with Gasteiger partial charge in [-0.1, -0.05) is 76.9 Å². The first kappa shape index (κ1) is 25.7. The van der Waals surface area contributed by atoms with Crippen molar-refractivity contribution in [1.29, 1.82) is 0 Å². The minimum atomic E-state index is 0.329. The summed E-state index contributed by atoms with van der Waals surface area (Å²) in [6.45, 7) is 4.97. The molecule has 0 rings (SSSR count). The van der Waals surface area contributed by atoms with E-state index in [0.717, 1.165) is 17.4 Å². The number of aliphatic hydroxyl groups excluding tert-OH is 1. The minimum absolute atomic E-state index is 0.329. The fourth-order valence-electron chi connectivity index (χ4n) is 3.57. The largest absolute Gasteiger partial charge is 0.396 e. The number of nitrogens with zero attached hydrogens (tertiary/aromatic N) is 1. The molecule has 0 aromatic rings. The first-order chi connectivity index (χ1) is 12.6. The summed E-state index contributed by atoms with van der Waals surface area (Å²) in [5, 5.41) is 8.94. The summed E-state index contributed by atoms with van der Waals surface area (Å²) in [6, 6.07) is 0. The molecule has 0 aliphatic carbocycles. The molecule has 26 heavy (non-hydrogen) atoms. The second-order valence-corrected chi connectivity index (χ2v) is 8.75. The Morgan fingerprint density at radius 1 is 0.577 bits per heavy atom. The second kappa shape index (κ2) is 19.4. The first-order valence-electron chi connectivity index (χ1n) is 11.7. The third-order valence-corrected chi connectivity index (χ3v) is 5.45. The molecule has 0 aliphatic rings. The first-order valence-corrected chi connectivity index (χ1v) is 11.7. The lowest BCUT2D eigenvalue weighted by molar-refractivity contribution is -0.890. The van der Waals surface area contributed by atoms with Gasteiger partial charge in [0.05, 0.1) is 27.2 Å². The van der Waals surface area contributed by atoms with Crippen molar-refractivity contribution in [1.82, 2.24) is 0 Å². The number of hydrogen-bond acceptors (Lipinski definition) is 1. The zero-order valence-corrected chi connectivity index (χ0v) is 18.5. The van der Waals surface area contributed by atoms with Gasteiger partial charge in [0.2, 0.25) is 0 Å². The van der Waals surface area contributed by atoms with Crippen LogP contribution < -0.4 is 0 Å². The Balaban J connectivity index is 3.23. The summed E-state index contributed by atoms with van der Waals surface area (Å²) in [7, 11) is 4.57. The van der Waals surface area contributed by atoms with E-state index in [9.17, 15) is 0 Å². The maximum Gasteiger partial charge on any atom is 0.0804 e. The second-order valence-electron chi connectivity index (χ2n) is 8.75. The molecule has 0 amide bonds. The molecule has 0 saturated heterocycles. The van der Waals surface area contributed by atoms with Crippen LogP contribution in [0.1, 0.15) is 110 Å². The molecule has 0 aromatic carbocycles. The van der Waals surface area contributed by atoms with Crippen LogP contribution in [0.25, 0.3) is 0 Å². The van der Waals surface area contributed by atoms with Crippen LogP contribution in [0, 0.1) is 0 Å². The molecule has 0 radical (unpaired) electrons. The maximum absolute atomic E-state index is 8.94. The van der Waals surface area contributed by atoms with E-state index in [-0.39, 0.29) is 0 Å². The van der Waals surface area contributed by atoms with Crippen molar-refractivity contribution in [2.45, 2.75) is 110 Å². The van der Waals surface area contributed by atoms with Crippen molar-refractivity contribution in [2.75, 3.05) is 33.8 Å². The third-order valence-electron chi connectivity index (χ3n) is 5.45. The summed E-state index contributed by atoms with van der Waals surface area (Å²) in [5.41, 5.74) is 0. The van der Waals surface area contributed by atoms with Crippen molar-refractivity contribution < 1.29 is 9.59 Å². The lowest BCUT2D eigenvalue weighted by Gasteiger charge is -2.29. The van der Waals surface area contributed by atoms with Gasteiger partial charge in [-0.05, 0) is 38.5 Å². The molecule has 0 spiro atoms. The van der Waals surface area contributed by atoms with E-state index >= 15 is 0 Å². The Hall–Kier alpha value is -0.340. The molecule has 0 heterocycles. The Kier molecular flexibility index (Phi) is 19.2. The van der Waals surface area contributed by atoms with Crippen molar-refractivity contribution in [3.63, 3.8) is 0 Å². The number of rotatable bonds is 20. The minimum Gasteiger partial charge on any atom is -0.396 e. The summed E-state index contributed by atoms with van der Waals surface area (Å²) in [5.74, 6) is 0. The van der Waals surface area contributed by atoms with Crippen molar-refractivity contribution >= 4 is 0 Å². The van der Waals surface area contributed by atoms with Gasteiger partial charge in [-0.2, -0.15) is 0 Å². The SMILES string of the molecule is CCCCCCCC/C=C\CCCCCCCCC[N+](C)(C)CCCO. The van der Waals surface area contributed by atoms with Gasteiger partial charge >= 0.3 is 0 Å². The molecule has 0 fully saturated rings. The van der Waals surface area contributed by atoms with Crippen LogP contribution in [0.3, 0.4) is 0 Å². The highest BCUT2D eigenvalue weighted by Gasteiger charge is 2.12. The predicted molar refractivity (Wildman–Crippen MR) is 118 cm³/mol. The average Bonchev–Trinajstić information content (AvgIpc) is 2.62. The standard InChI is InChI=1S/C24H50NO/c1-4-5-6-7-8-9-10-11-12-13-14-15-16-17-18-19-20-22-25(2,3)23-21-24-26/h11-12,26H,4-10,13-24H2,1-3H3/q+1/b12-11-. The lowest BCUT2D eigenvalue weighted by atomic mass is 10.1. The van der Waals surface area contributed by atoms with Gasteiger partial charge in [0, 0.05) is 13.0 Å². The lowest BCUT2D eigenvalue weighted by Crippen LogP contribution is -2.41. The number of hydrogen-bond donors (Lipinski definition) is 1. The fourth-order valence-corrected chi connectivity index (χ4v) is 3.57. The summed E-state index contributed by atoms with van der Waals surface area (Å²) >= 11 is 0. The molecule has 0 saturated carbocycles. The van der Waals surface area contributed by atoms with Gasteiger partial charge in [0.15, 0.2) is 0 Å². The van der Waals surface area contributed by atoms with Crippen LogP contribution in [0.5, 0.6) is 0 Å². The molecular formula is C24H50NO+. The van der Waals surface area contributed by atoms with E-state index in [1.807, 2.05) is 0 Å². The number of aliphatic hydroxyl groups is 1. The normalized spacial score (nSPS) is 12.3. The maximum atomic E-state index is 8.94. The summed E-state index contributed by atoms with van der Waals surface area (Å²) in [6.07, 6.45) is 26.5. The highest BCUT2D eigenvalue weighted by molar-refractivity contribution is 4.81. The van der Waals surface area contributed by atoms with E-state index in [1.165, 1.54) is 103 Å². The Morgan fingerprint density at radius 2 is 1.00 bits per heavy atom. The predicted octanol–water partition coefficient (Wildman–Crippen LogP) is 6.87. The van der Waals surface area contributed by atoms with Gasteiger partial charge in [-0.25, -0.2) is 0 Å². The molecule has 1 N–H and O–H groups in total. The zero-order valence-electron chi connectivity index (χ0n) is 18.5. The summed E-state index contributed by atoms with van der Waals surface area (Å²) in [4.78, 5) is 0. The molecule has 0 bridgehead atoms. The molecule has 2 heteroatoms. The molecule has 0 atom stereocenters. The van der Waals surface area contributed by atoms with Crippen LogP contribution in [-0.2, 0) is 0 Å². The Bertz CT molecular complexity index is 299. The Labute approximate surface area is 165 Å². The fraction of sp³-hybridized carbons (Fsp3) is 0.917. The number of unbranched alkanes of at least 4 members (excludes halogenated alkanes) is 13. The molecule has 0 aliphatic heterocycles. The van der Waals surface area contributed by atoms with E-state index in [4.69, 9.17) is 5.11 Å². The molecular weight excluding hydrogens is 318 g/mol. The molecule has 156 valence electrons. The van der Waals surface area contributed by atoms with E-state index in [2.05, 4.69) is 33.2 Å². The van der Waals surface area contributed by atoms with Gasteiger partial charge in [-0.3, -0.25) is 0 Å². The van der Waals surface area contributed by atoms with Crippen LogP contribution in [0.2, 0.25) is 0 Å². The topological polar surface area (TPSA) is 20.2 Å². The summed E-state index contributed by atoms with van der Waals surface area (Å²) < 4.78 is 1.06. The van der Waals surface area contributed by atoms with Crippen molar-refractivity contribution in [2.24, 2.45) is 0 Å². The van der Waals surface area contributed by atoms with Crippen LogP contribution >= 0.6 is 0 Å². The van der Waals surface area contributed by atoms with Crippen LogP contribution in [0.15, 0.2) is 12.2 Å². The highest BCUT2D eigenvalue weighted by atomic mass is 16.3. The van der Waals surface area contributed by atoms with E-state index in [0.29, 0.717) is 6.61 Å². The highest BCUT2D eigenvalue weighted by Crippen LogP contribution is 2.11.